The molecule has 0 unspecified atom stereocenters. The van der Waals surface area contributed by atoms with E-state index in [0.29, 0.717) is 5.82 Å². The van der Waals surface area contributed by atoms with Crippen molar-refractivity contribution in [3.8, 4) is 0 Å². The van der Waals surface area contributed by atoms with Gasteiger partial charge in [-0.2, -0.15) is 0 Å². The zero-order valence-electron chi connectivity index (χ0n) is 13.5. The molecule has 0 aliphatic heterocycles. The van der Waals surface area contributed by atoms with Gasteiger partial charge in [0.2, 0.25) is 0 Å². The van der Waals surface area contributed by atoms with E-state index >= 15 is 0 Å². The van der Waals surface area contributed by atoms with Crippen molar-refractivity contribution >= 4 is 11.8 Å². The van der Waals surface area contributed by atoms with E-state index in [1.165, 1.54) is 4.68 Å². The number of aromatic nitrogens is 4. The maximum atomic E-state index is 12.3. The Morgan fingerprint density at radius 1 is 1.17 bits per heavy atom. The van der Waals surface area contributed by atoms with Gasteiger partial charge in [0, 0.05) is 13.2 Å². The SMILES string of the molecule is Cc1ccc([C@@H](NC(=O)Nc2cn(C)nn2)c2ccccn2)cc1. The minimum atomic E-state index is -0.369. The van der Waals surface area contributed by atoms with Crippen molar-refractivity contribution in [1.82, 2.24) is 25.3 Å². The minimum Gasteiger partial charge on any atom is -0.325 e. The van der Waals surface area contributed by atoms with Gasteiger partial charge in [0.1, 0.15) is 0 Å². The molecule has 0 saturated heterocycles. The van der Waals surface area contributed by atoms with Gasteiger partial charge < -0.3 is 5.32 Å². The lowest BCUT2D eigenvalue weighted by atomic mass is 10.0. The average Bonchev–Trinajstić information content (AvgIpc) is 2.99. The number of amides is 2. The van der Waals surface area contributed by atoms with Crippen LogP contribution in [0.15, 0.2) is 54.9 Å². The topological polar surface area (TPSA) is 84.7 Å². The van der Waals surface area contributed by atoms with Crippen LogP contribution in [0.1, 0.15) is 22.9 Å². The third-order valence-electron chi connectivity index (χ3n) is 3.51. The predicted octanol–water partition coefficient (Wildman–Crippen LogP) is 2.43. The van der Waals surface area contributed by atoms with Gasteiger partial charge in [0.25, 0.3) is 0 Å². The summed E-state index contributed by atoms with van der Waals surface area (Å²) >= 11 is 0. The van der Waals surface area contributed by atoms with E-state index in [0.717, 1.165) is 16.8 Å². The molecule has 0 aliphatic carbocycles. The molecule has 2 amide bonds. The number of anilines is 1. The average molecular weight is 322 g/mol. The molecule has 0 bridgehead atoms. The van der Waals surface area contributed by atoms with E-state index < -0.39 is 0 Å². The summed E-state index contributed by atoms with van der Waals surface area (Å²) in [5, 5.41) is 13.2. The van der Waals surface area contributed by atoms with Crippen LogP contribution < -0.4 is 10.6 Å². The number of urea groups is 1. The Balaban J connectivity index is 1.82. The second-order valence-electron chi connectivity index (χ2n) is 5.47. The van der Waals surface area contributed by atoms with Crippen LogP contribution in [0.2, 0.25) is 0 Å². The molecule has 0 fully saturated rings. The second-order valence-corrected chi connectivity index (χ2v) is 5.47. The number of carbonyl (C=O) groups excluding carboxylic acids is 1. The van der Waals surface area contributed by atoms with E-state index in [9.17, 15) is 4.79 Å². The third-order valence-corrected chi connectivity index (χ3v) is 3.51. The highest BCUT2D eigenvalue weighted by Gasteiger charge is 2.18. The Morgan fingerprint density at radius 3 is 2.58 bits per heavy atom. The van der Waals surface area contributed by atoms with E-state index in [4.69, 9.17) is 0 Å². The molecule has 2 aromatic heterocycles. The molecule has 3 aromatic rings. The van der Waals surface area contributed by atoms with Crippen LogP contribution in [0.3, 0.4) is 0 Å². The summed E-state index contributed by atoms with van der Waals surface area (Å²) in [5.41, 5.74) is 2.87. The molecule has 2 heterocycles. The first-order chi connectivity index (χ1) is 11.6. The smallest absolute Gasteiger partial charge is 0.321 e. The fourth-order valence-electron chi connectivity index (χ4n) is 2.32. The summed E-state index contributed by atoms with van der Waals surface area (Å²) in [6.07, 6.45) is 3.33. The van der Waals surface area contributed by atoms with Gasteiger partial charge in [0.05, 0.1) is 17.9 Å². The van der Waals surface area contributed by atoms with Crippen LogP contribution >= 0.6 is 0 Å². The van der Waals surface area contributed by atoms with Crippen molar-refractivity contribution < 1.29 is 4.79 Å². The summed E-state index contributed by atoms with van der Waals surface area (Å²) in [4.78, 5) is 16.7. The minimum absolute atomic E-state index is 0.358. The first kappa shape index (κ1) is 15.7. The third kappa shape index (κ3) is 3.75. The number of aryl methyl sites for hydroxylation is 2. The standard InChI is InChI=1S/C17H18N6O/c1-12-6-8-13(9-7-12)16(14-5-3-4-10-18-14)20-17(24)19-15-11-23(2)22-21-15/h3-11,16H,1-2H3,(H2,19,20,24)/t16-/m1/s1. The molecule has 24 heavy (non-hydrogen) atoms. The Bertz CT molecular complexity index is 813. The van der Waals surface area contributed by atoms with Gasteiger partial charge in [-0.05, 0) is 24.6 Å². The summed E-state index contributed by atoms with van der Waals surface area (Å²) in [6, 6.07) is 12.9. The molecule has 122 valence electrons. The number of hydrogen-bond donors (Lipinski definition) is 2. The number of carbonyl (C=O) groups is 1. The Hall–Kier alpha value is -3.22. The number of nitrogens with one attached hydrogen (secondary N) is 2. The summed E-state index contributed by atoms with van der Waals surface area (Å²) < 4.78 is 1.52. The van der Waals surface area contributed by atoms with E-state index in [1.807, 2.05) is 49.4 Å². The van der Waals surface area contributed by atoms with Crippen molar-refractivity contribution in [2.24, 2.45) is 7.05 Å². The Labute approximate surface area is 139 Å². The second kappa shape index (κ2) is 6.91. The first-order valence-electron chi connectivity index (χ1n) is 7.53. The van der Waals surface area contributed by atoms with Crippen molar-refractivity contribution in [2.75, 3.05) is 5.32 Å². The molecule has 0 radical (unpaired) electrons. The summed E-state index contributed by atoms with van der Waals surface area (Å²) in [7, 11) is 1.74. The molecule has 0 saturated carbocycles. The lowest BCUT2D eigenvalue weighted by Gasteiger charge is -2.19. The van der Waals surface area contributed by atoms with Crippen LogP contribution in [0.25, 0.3) is 0 Å². The number of pyridine rings is 1. The van der Waals surface area contributed by atoms with Crippen LogP contribution in [0, 0.1) is 6.92 Å². The largest absolute Gasteiger partial charge is 0.325 e. The summed E-state index contributed by atoms with van der Waals surface area (Å²) in [6.45, 7) is 2.02. The van der Waals surface area contributed by atoms with E-state index in [-0.39, 0.29) is 12.1 Å². The molecular weight excluding hydrogens is 304 g/mol. The quantitative estimate of drug-likeness (QED) is 0.772. The van der Waals surface area contributed by atoms with Crippen LogP contribution in [0.5, 0.6) is 0 Å². The Morgan fingerprint density at radius 2 is 1.96 bits per heavy atom. The van der Waals surface area contributed by atoms with Crippen molar-refractivity contribution in [2.45, 2.75) is 13.0 Å². The molecule has 3 rings (SSSR count). The fourth-order valence-corrected chi connectivity index (χ4v) is 2.32. The van der Waals surface area contributed by atoms with Gasteiger partial charge >= 0.3 is 6.03 Å². The molecule has 0 spiro atoms. The monoisotopic (exact) mass is 322 g/mol. The van der Waals surface area contributed by atoms with Gasteiger partial charge in [-0.15, -0.1) is 5.10 Å². The van der Waals surface area contributed by atoms with Gasteiger partial charge in [0.15, 0.2) is 5.82 Å². The lowest BCUT2D eigenvalue weighted by Crippen LogP contribution is -2.33. The van der Waals surface area contributed by atoms with Crippen molar-refractivity contribution in [3.05, 3.63) is 71.7 Å². The number of rotatable bonds is 4. The molecule has 1 atom stereocenters. The van der Waals surface area contributed by atoms with Crippen molar-refractivity contribution in [1.29, 1.82) is 0 Å². The number of nitrogens with zero attached hydrogens (tertiary/aromatic N) is 4. The number of hydrogen-bond acceptors (Lipinski definition) is 4. The molecular formula is C17H18N6O. The summed E-state index contributed by atoms with van der Waals surface area (Å²) in [5.74, 6) is 0.388. The van der Waals surface area contributed by atoms with E-state index in [2.05, 4.69) is 25.9 Å². The zero-order chi connectivity index (χ0) is 16.9. The van der Waals surface area contributed by atoms with Gasteiger partial charge in [-0.1, -0.05) is 41.1 Å². The van der Waals surface area contributed by atoms with Crippen LogP contribution in [0.4, 0.5) is 10.6 Å². The molecule has 0 aliphatic rings. The highest BCUT2D eigenvalue weighted by atomic mass is 16.2. The zero-order valence-corrected chi connectivity index (χ0v) is 13.5. The normalized spacial score (nSPS) is 11.8. The highest BCUT2D eigenvalue weighted by molar-refractivity contribution is 5.88. The van der Waals surface area contributed by atoms with E-state index in [1.54, 1.807) is 19.4 Å². The predicted molar refractivity (Wildman–Crippen MR) is 90.4 cm³/mol. The molecule has 1 aromatic carbocycles. The lowest BCUT2D eigenvalue weighted by molar-refractivity contribution is 0.250. The molecule has 7 heteroatoms. The van der Waals surface area contributed by atoms with Crippen molar-refractivity contribution in [3.63, 3.8) is 0 Å². The fraction of sp³-hybridized carbons (Fsp3) is 0.176. The maximum absolute atomic E-state index is 12.3. The van der Waals surface area contributed by atoms with Crippen LogP contribution in [-0.4, -0.2) is 26.0 Å². The number of benzene rings is 1. The van der Waals surface area contributed by atoms with Crippen LogP contribution in [-0.2, 0) is 7.05 Å². The maximum Gasteiger partial charge on any atom is 0.321 e. The highest BCUT2D eigenvalue weighted by Crippen LogP contribution is 2.20. The molecule has 2 N–H and O–H groups in total. The first-order valence-corrected chi connectivity index (χ1v) is 7.53. The Kier molecular flexibility index (Phi) is 4.51. The van der Waals surface area contributed by atoms with Gasteiger partial charge in [-0.25, -0.2) is 4.79 Å². The molecule has 7 nitrogen and oxygen atoms in total. The van der Waals surface area contributed by atoms with Gasteiger partial charge in [-0.3, -0.25) is 15.0 Å².